The first-order valence-electron chi connectivity index (χ1n) is 9.74. The van der Waals surface area contributed by atoms with E-state index >= 15 is 0 Å². The van der Waals surface area contributed by atoms with Crippen molar-refractivity contribution in [2.24, 2.45) is 5.92 Å². The van der Waals surface area contributed by atoms with Crippen molar-refractivity contribution in [2.75, 3.05) is 18.5 Å². The molecule has 1 saturated carbocycles. The minimum Gasteiger partial charge on any atom is -0.507 e. The van der Waals surface area contributed by atoms with Crippen LogP contribution in [-0.4, -0.2) is 56.2 Å². The van der Waals surface area contributed by atoms with Crippen molar-refractivity contribution in [2.45, 2.75) is 31.1 Å². The fourth-order valence-electron chi connectivity index (χ4n) is 4.75. The largest absolute Gasteiger partial charge is 0.507 e. The molecule has 3 aromatic rings. The molecule has 29 heavy (non-hydrogen) atoms. The van der Waals surface area contributed by atoms with Crippen molar-refractivity contribution in [3.8, 4) is 22.7 Å². The maximum Gasteiger partial charge on any atom is 0.151 e. The zero-order chi connectivity index (χ0) is 20.2. The number of imidazole rings is 1. The van der Waals surface area contributed by atoms with E-state index < -0.39 is 11.7 Å². The predicted molar refractivity (Wildman–Crippen MR) is 108 cm³/mol. The standard InChI is InChI=1S/C21H23FN6O/c1-21-10-13(11-24-21)19(20(21)22)27(2)18-6-5-16(25-26-18)15-4-3-14(9-17(15)29)28-8-7-23-12-28/h3-9,12-13,19-20,24,29H,10-11H2,1-2H3/t13?,19-,20-,21-/m1/s1. The van der Waals surface area contributed by atoms with Crippen LogP contribution in [0.15, 0.2) is 49.1 Å². The van der Waals surface area contributed by atoms with E-state index in [-0.39, 0.29) is 17.7 Å². The second-order valence-electron chi connectivity index (χ2n) is 8.21. The molecule has 1 aliphatic carbocycles. The molecule has 1 aliphatic heterocycles. The molecular formula is C21H23FN6O. The van der Waals surface area contributed by atoms with Crippen LogP contribution in [-0.2, 0) is 0 Å². The molecule has 1 unspecified atom stereocenters. The van der Waals surface area contributed by atoms with Crippen LogP contribution in [0.1, 0.15) is 13.3 Å². The number of nitrogens with zero attached hydrogens (tertiary/aromatic N) is 5. The van der Waals surface area contributed by atoms with Crippen LogP contribution in [0.4, 0.5) is 10.2 Å². The lowest BCUT2D eigenvalue weighted by Gasteiger charge is -2.37. The van der Waals surface area contributed by atoms with Crippen LogP contribution in [0.3, 0.4) is 0 Å². The number of phenols is 1. The molecule has 2 bridgehead atoms. The monoisotopic (exact) mass is 394 g/mol. The highest BCUT2D eigenvalue weighted by atomic mass is 19.1. The molecule has 2 aliphatic rings. The number of piperidine rings is 1. The molecular weight excluding hydrogens is 371 g/mol. The van der Waals surface area contributed by atoms with E-state index in [1.165, 1.54) is 0 Å². The summed E-state index contributed by atoms with van der Waals surface area (Å²) in [6, 6.07) is 8.79. The Morgan fingerprint density at radius 1 is 1.28 bits per heavy atom. The molecule has 150 valence electrons. The summed E-state index contributed by atoms with van der Waals surface area (Å²) in [6.07, 6.45) is 5.05. The summed E-state index contributed by atoms with van der Waals surface area (Å²) in [5.41, 5.74) is 1.52. The van der Waals surface area contributed by atoms with Gasteiger partial charge in [0.15, 0.2) is 5.82 Å². The second kappa shape index (κ2) is 6.52. The molecule has 8 heteroatoms. The highest BCUT2D eigenvalue weighted by Crippen LogP contribution is 2.44. The third kappa shape index (κ3) is 2.86. The van der Waals surface area contributed by atoms with Gasteiger partial charge in [-0.05, 0) is 43.5 Å². The molecule has 2 fully saturated rings. The van der Waals surface area contributed by atoms with E-state index in [1.54, 1.807) is 24.7 Å². The number of aromatic hydroxyl groups is 1. The SMILES string of the molecule is CN(c1ccc(-c2ccc(-n3ccnc3)cc2O)nn1)[C@@H]1C2CN[C@](C)(C2)[C@@H]1F. The summed E-state index contributed by atoms with van der Waals surface area (Å²) in [4.78, 5) is 5.92. The molecule has 0 amide bonds. The average molecular weight is 394 g/mol. The van der Waals surface area contributed by atoms with Gasteiger partial charge in [-0.15, -0.1) is 10.2 Å². The summed E-state index contributed by atoms with van der Waals surface area (Å²) in [5, 5.41) is 22.4. The van der Waals surface area contributed by atoms with Crippen LogP contribution >= 0.6 is 0 Å². The molecule has 7 nitrogen and oxygen atoms in total. The normalized spacial score (nSPS) is 28.0. The van der Waals surface area contributed by atoms with Gasteiger partial charge in [0.25, 0.3) is 0 Å². The quantitative estimate of drug-likeness (QED) is 0.708. The molecule has 2 aromatic heterocycles. The Hall–Kier alpha value is -3.00. The van der Waals surface area contributed by atoms with Crippen molar-refractivity contribution in [3.63, 3.8) is 0 Å². The number of nitrogens with one attached hydrogen (secondary N) is 1. The summed E-state index contributed by atoms with van der Waals surface area (Å²) >= 11 is 0. The van der Waals surface area contributed by atoms with E-state index in [2.05, 4.69) is 20.5 Å². The van der Waals surface area contributed by atoms with Crippen molar-refractivity contribution in [3.05, 3.63) is 49.1 Å². The highest BCUT2D eigenvalue weighted by Gasteiger charge is 2.57. The van der Waals surface area contributed by atoms with Crippen LogP contribution in [0.2, 0.25) is 0 Å². The molecule has 4 atom stereocenters. The molecule has 2 N–H and O–H groups in total. The van der Waals surface area contributed by atoms with Gasteiger partial charge < -0.3 is 19.9 Å². The molecule has 1 saturated heterocycles. The Morgan fingerprint density at radius 2 is 2.14 bits per heavy atom. The third-order valence-corrected chi connectivity index (χ3v) is 6.36. The van der Waals surface area contributed by atoms with Gasteiger partial charge in [0.1, 0.15) is 11.9 Å². The van der Waals surface area contributed by atoms with Crippen LogP contribution in [0.25, 0.3) is 16.9 Å². The Balaban J connectivity index is 1.38. The van der Waals surface area contributed by atoms with Crippen molar-refractivity contribution < 1.29 is 9.50 Å². The first-order valence-corrected chi connectivity index (χ1v) is 9.74. The number of rotatable bonds is 4. The third-order valence-electron chi connectivity index (χ3n) is 6.36. The number of aromatic nitrogens is 4. The summed E-state index contributed by atoms with van der Waals surface area (Å²) in [7, 11) is 1.88. The number of alkyl halides is 1. The van der Waals surface area contributed by atoms with Gasteiger partial charge in [-0.3, -0.25) is 0 Å². The number of hydrogen-bond acceptors (Lipinski definition) is 6. The summed E-state index contributed by atoms with van der Waals surface area (Å²) in [5.74, 6) is 1.01. The maximum atomic E-state index is 15.0. The van der Waals surface area contributed by atoms with Gasteiger partial charge in [-0.25, -0.2) is 9.37 Å². The Labute approximate surface area is 168 Å². The first-order chi connectivity index (χ1) is 14.0. The highest BCUT2D eigenvalue weighted by molar-refractivity contribution is 5.69. The van der Waals surface area contributed by atoms with Gasteiger partial charge in [0.2, 0.25) is 0 Å². The van der Waals surface area contributed by atoms with Crippen LogP contribution in [0.5, 0.6) is 5.75 Å². The van der Waals surface area contributed by atoms with Crippen LogP contribution < -0.4 is 10.2 Å². The Morgan fingerprint density at radius 3 is 2.76 bits per heavy atom. The number of hydrogen-bond donors (Lipinski definition) is 2. The van der Waals surface area contributed by atoms with Gasteiger partial charge in [0.05, 0.1) is 23.8 Å². The minimum atomic E-state index is -0.951. The molecule has 0 spiro atoms. The van der Waals surface area contributed by atoms with Gasteiger partial charge in [-0.2, -0.15) is 0 Å². The zero-order valence-electron chi connectivity index (χ0n) is 16.3. The van der Waals surface area contributed by atoms with E-state index in [0.29, 0.717) is 17.1 Å². The number of halogens is 1. The van der Waals surface area contributed by atoms with Crippen molar-refractivity contribution in [1.82, 2.24) is 25.1 Å². The average Bonchev–Trinajstić information content (AvgIpc) is 3.43. The van der Waals surface area contributed by atoms with Crippen LogP contribution in [0, 0.1) is 5.92 Å². The molecule has 5 rings (SSSR count). The van der Waals surface area contributed by atoms with Crippen molar-refractivity contribution in [1.29, 1.82) is 0 Å². The number of fused-ring (bicyclic) bond motifs is 2. The van der Waals surface area contributed by atoms with E-state index in [0.717, 1.165) is 18.7 Å². The number of benzene rings is 1. The molecule has 3 heterocycles. The lowest BCUT2D eigenvalue weighted by atomic mass is 9.96. The maximum absolute atomic E-state index is 15.0. The minimum absolute atomic E-state index is 0.113. The fraction of sp³-hybridized carbons (Fsp3) is 0.381. The fourth-order valence-corrected chi connectivity index (χ4v) is 4.75. The van der Waals surface area contributed by atoms with Crippen molar-refractivity contribution >= 4 is 5.82 Å². The summed E-state index contributed by atoms with van der Waals surface area (Å²) in [6.45, 7) is 2.78. The number of anilines is 1. The van der Waals surface area contributed by atoms with E-state index in [9.17, 15) is 9.50 Å². The van der Waals surface area contributed by atoms with Gasteiger partial charge >= 0.3 is 0 Å². The lowest BCUT2D eigenvalue weighted by Crippen LogP contribution is -2.56. The first kappa shape index (κ1) is 18.1. The predicted octanol–water partition coefficient (Wildman–Crippen LogP) is 2.56. The molecule has 0 radical (unpaired) electrons. The Kier molecular flexibility index (Phi) is 4.06. The zero-order valence-corrected chi connectivity index (χ0v) is 16.3. The molecule has 1 aromatic carbocycles. The van der Waals surface area contributed by atoms with E-state index in [1.807, 2.05) is 47.8 Å². The number of phenolic OH excluding ortho intramolecular Hbond substituents is 1. The van der Waals surface area contributed by atoms with E-state index in [4.69, 9.17) is 0 Å². The summed E-state index contributed by atoms with van der Waals surface area (Å²) < 4.78 is 16.8. The van der Waals surface area contributed by atoms with Gasteiger partial charge in [0, 0.05) is 43.2 Å². The topological polar surface area (TPSA) is 79.1 Å². The lowest BCUT2D eigenvalue weighted by molar-refractivity contribution is 0.163. The smallest absolute Gasteiger partial charge is 0.151 e. The Bertz CT molecular complexity index is 1020. The van der Waals surface area contributed by atoms with Gasteiger partial charge in [-0.1, -0.05) is 0 Å². The second-order valence-corrected chi connectivity index (χ2v) is 8.21.